The van der Waals surface area contributed by atoms with Crippen LogP contribution in [0.3, 0.4) is 0 Å². The summed E-state index contributed by atoms with van der Waals surface area (Å²) >= 11 is 0. The van der Waals surface area contributed by atoms with Crippen LogP contribution < -0.4 is 0 Å². The third-order valence-electron chi connectivity index (χ3n) is 1.83. The van der Waals surface area contributed by atoms with Gasteiger partial charge in [0, 0.05) is 6.92 Å². The quantitative estimate of drug-likeness (QED) is 0.767. The van der Waals surface area contributed by atoms with Crippen molar-refractivity contribution >= 4 is 5.91 Å². The van der Waals surface area contributed by atoms with Gasteiger partial charge in [-0.1, -0.05) is 6.07 Å². The maximum absolute atomic E-state index is 10.5. The third kappa shape index (κ3) is 8.93. The topological polar surface area (TPSA) is 20.3 Å². The molecule has 0 N–H and O–H groups in total. The van der Waals surface area contributed by atoms with Gasteiger partial charge >= 0.3 is 32.7 Å². The van der Waals surface area contributed by atoms with Gasteiger partial charge in [0.25, 0.3) is 0 Å². The van der Waals surface area contributed by atoms with Crippen molar-refractivity contribution in [3.63, 3.8) is 0 Å². The Morgan fingerprint density at radius 1 is 1.19 bits per heavy atom. The summed E-state index contributed by atoms with van der Waals surface area (Å²) in [7, 11) is 0. The first kappa shape index (κ1) is 18.0. The Hall–Kier alpha value is -0.336. The van der Waals surface area contributed by atoms with Gasteiger partial charge in [0.15, 0.2) is 0 Å². The maximum Gasteiger partial charge on any atom is 3.00 e. The van der Waals surface area contributed by atoms with E-state index in [0.717, 1.165) is 5.56 Å². The fourth-order valence-electron chi connectivity index (χ4n) is 0.905. The van der Waals surface area contributed by atoms with E-state index in [4.69, 9.17) is 0 Å². The zero-order chi connectivity index (χ0) is 11.7. The Bertz CT molecular complexity index is 271. The molecule has 0 aliphatic carbocycles. The van der Waals surface area contributed by atoms with Gasteiger partial charge in [-0.15, -0.1) is 25.2 Å². The fraction of sp³-hybridized carbons (Fsp3) is 0.231. The molecule has 0 saturated heterocycles. The van der Waals surface area contributed by atoms with Gasteiger partial charge in [-0.25, -0.2) is 0 Å². The number of carbonyl (C=O) groups is 1. The van der Waals surface area contributed by atoms with Crippen molar-refractivity contribution in [1.29, 1.82) is 0 Å². The van der Waals surface area contributed by atoms with E-state index < -0.39 is 0 Å². The normalized spacial score (nSPS) is 8.19. The van der Waals surface area contributed by atoms with Crippen LogP contribution >= 0.6 is 0 Å². The summed E-state index contributed by atoms with van der Waals surface area (Å²) in [4.78, 5) is 12.0. The summed E-state index contributed by atoms with van der Waals surface area (Å²) in [6.45, 7) is 13.3. The van der Waals surface area contributed by atoms with Gasteiger partial charge in [0.1, 0.15) is 0 Å². The molecule has 1 aromatic rings. The molecule has 16 heavy (non-hydrogen) atoms. The number of benzene rings is 1. The number of rotatable bonds is 2. The van der Waals surface area contributed by atoms with Gasteiger partial charge in [-0.2, -0.15) is 24.6 Å². The Labute approximate surface area is 124 Å². The summed E-state index contributed by atoms with van der Waals surface area (Å²) in [5, 5.41) is 0. The standard InChI is InChI=1S/C7H7.C6H11NO.Y/c1-7-5-3-2-4-6-7;1-4-7(5-2)6(3)8;/h2-6H,1H2;1-2,4-5H2,3H3;/q-1;-2;+3. The number of hydrogen-bond donors (Lipinski definition) is 0. The van der Waals surface area contributed by atoms with Crippen molar-refractivity contribution in [1.82, 2.24) is 4.90 Å². The van der Waals surface area contributed by atoms with E-state index in [0.29, 0.717) is 13.1 Å². The molecule has 2 nitrogen and oxygen atoms in total. The van der Waals surface area contributed by atoms with Gasteiger partial charge < -0.3 is 18.7 Å². The van der Waals surface area contributed by atoms with Crippen LogP contribution in [0.2, 0.25) is 0 Å². The number of carbonyl (C=O) groups excluding carboxylic acids is 1. The third-order valence-corrected chi connectivity index (χ3v) is 1.83. The van der Waals surface area contributed by atoms with E-state index in [1.807, 2.05) is 30.3 Å². The molecule has 1 aromatic carbocycles. The summed E-state index contributed by atoms with van der Waals surface area (Å²) in [5.41, 5.74) is 1.07. The summed E-state index contributed by atoms with van der Waals surface area (Å²) in [6.07, 6.45) is 0. The van der Waals surface area contributed by atoms with Gasteiger partial charge in [-0.3, -0.25) is 4.79 Å². The molecule has 0 radical (unpaired) electrons. The SMILES string of the molecule is [CH2-]CN(C[CH2-])C(C)=O.[CH2-]c1ccccc1.[Y+3]. The first-order valence-electron chi connectivity index (χ1n) is 4.82. The smallest absolute Gasteiger partial charge is 0.403 e. The number of hydrogen-bond acceptors (Lipinski definition) is 1. The second-order valence-corrected chi connectivity index (χ2v) is 2.99. The first-order valence-corrected chi connectivity index (χ1v) is 4.82. The molecule has 0 heterocycles. The molecule has 0 aromatic heterocycles. The van der Waals surface area contributed by atoms with Crippen molar-refractivity contribution in [3.8, 4) is 0 Å². The summed E-state index contributed by atoms with van der Waals surface area (Å²) in [5.74, 6) is 0.0370. The largest absolute Gasteiger partial charge is 3.00 e. The van der Waals surface area contributed by atoms with Crippen molar-refractivity contribution in [2.24, 2.45) is 0 Å². The van der Waals surface area contributed by atoms with Crippen LogP contribution in [0.25, 0.3) is 0 Å². The van der Waals surface area contributed by atoms with Crippen molar-refractivity contribution in [2.75, 3.05) is 13.1 Å². The van der Waals surface area contributed by atoms with Crippen LogP contribution in [0.4, 0.5) is 0 Å². The van der Waals surface area contributed by atoms with Crippen molar-refractivity contribution in [3.05, 3.63) is 56.7 Å². The molecular weight excluding hydrogens is 275 g/mol. The molecule has 3 heteroatoms. The van der Waals surface area contributed by atoms with Crippen LogP contribution in [0.15, 0.2) is 30.3 Å². The molecule has 0 aliphatic rings. The van der Waals surface area contributed by atoms with Gasteiger partial charge in [0.2, 0.25) is 5.91 Å². The van der Waals surface area contributed by atoms with Crippen molar-refractivity contribution in [2.45, 2.75) is 6.92 Å². The molecule has 84 valence electrons. The van der Waals surface area contributed by atoms with Crippen LogP contribution in [-0.4, -0.2) is 23.9 Å². The van der Waals surface area contributed by atoms with Crippen LogP contribution in [0.5, 0.6) is 0 Å². The second-order valence-electron chi connectivity index (χ2n) is 2.99. The minimum atomic E-state index is 0. The predicted octanol–water partition coefficient (Wildman–Crippen LogP) is 2.37. The monoisotopic (exact) mass is 293 g/mol. The molecule has 0 saturated carbocycles. The van der Waals surface area contributed by atoms with Crippen LogP contribution in [0.1, 0.15) is 12.5 Å². The first-order chi connectivity index (χ1) is 7.11. The van der Waals surface area contributed by atoms with Gasteiger partial charge in [-0.05, 0) is 0 Å². The van der Waals surface area contributed by atoms with Crippen LogP contribution in [0, 0.1) is 20.8 Å². The van der Waals surface area contributed by atoms with E-state index >= 15 is 0 Å². The average Bonchev–Trinajstić information content (AvgIpc) is 2.21. The average molecular weight is 293 g/mol. The fourth-order valence-corrected chi connectivity index (χ4v) is 0.905. The van der Waals surface area contributed by atoms with E-state index in [1.54, 1.807) is 4.90 Å². The van der Waals surface area contributed by atoms with Crippen LogP contribution in [-0.2, 0) is 37.5 Å². The summed E-state index contributed by atoms with van der Waals surface area (Å²) < 4.78 is 0. The Kier molecular flexibility index (Phi) is 12.6. The maximum atomic E-state index is 10.5. The minimum Gasteiger partial charge on any atom is -0.403 e. The Morgan fingerprint density at radius 2 is 1.62 bits per heavy atom. The molecule has 0 unspecified atom stereocenters. The second kappa shape index (κ2) is 11.2. The number of amides is 1. The van der Waals surface area contributed by atoms with Gasteiger partial charge in [0.05, 0.1) is 0 Å². The number of nitrogens with zero attached hydrogens (tertiary/aromatic N) is 1. The molecule has 1 rings (SSSR count). The van der Waals surface area contributed by atoms with E-state index in [-0.39, 0.29) is 38.6 Å². The minimum absolute atomic E-state index is 0. The zero-order valence-corrected chi connectivity index (χ0v) is 12.7. The Morgan fingerprint density at radius 3 is 1.75 bits per heavy atom. The Balaban J connectivity index is 0. The molecular formula is C13H18NOY. The predicted molar refractivity (Wildman–Crippen MR) is 63.9 cm³/mol. The molecule has 1 amide bonds. The van der Waals surface area contributed by atoms with E-state index in [1.165, 1.54) is 6.92 Å². The molecule has 0 aliphatic heterocycles. The molecule has 0 atom stereocenters. The summed E-state index contributed by atoms with van der Waals surface area (Å²) in [6, 6.07) is 9.87. The zero-order valence-electron chi connectivity index (χ0n) is 9.86. The molecule has 0 spiro atoms. The van der Waals surface area contributed by atoms with Crippen molar-refractivity contribution < 1.29 is 37.5 Å². The van der Waals surface area contributed by atoms with E-state index in [2.05, 4.69) is 20.8 Å². The van der Waals surface area contributed by atoms with E-state index in [9.17, 15) is 4.79 Å². The molecule has 0 fully saturated rings. The molecule has 0 bridgehead atoms.